The molecular weight excluding hydrogens is 480 g/mol. The summed E-state index contributed by atoms with van der Waals surface area (Å²) in [6.07, 6.45) is 3.76. The molecule has 34 heavy (non-hydrogen) atoms. The van der Waals surface area contributed by atoms with Gasteiger partial charge >= 0.3 is 210 Å². The van der Waals surface area contributed by atoms with Crippen molar-refractivity contribution in [3.8, 4) is 17.2 Å². The zero-order chi connectivity index (χ0) is 25.7. The Morgan fingerprint density at radius 3 is 2.74 bits per heavy atom. The molecular formula is C30H22BNOSe. The molecule has 0 saturated heterocycles. The van der Waals surface area contributed by atoms with E-state index in [2.05, 4.69) is 65.2 Å². The number of hydrogen-bond acceptors (Lipinski definition) is 1. The fourth-order valence-corrected chi connectivity index (χ4v) is 8.46. The molecule has 1 aliphatic carbocycles. The van der Waals surface area contributed by atoms with Gasteiger partial charge in [0.1, 0.15) is 0 Å². The quantitative estimate of drug-likeness (QED) is 0.313. The molecule has 0 radical (unpaired) electrons. The van der Waals surface area contributed by atoms with Crippen LogP contribution in [0.15, 0.2) is 84.8 Å². The van der Waals surface area contributed by atoms with Gasteiger partial charge in [0.15, 0.2) is 0 Å². The second-order valence-corrected chi connectivity index (χ2v) is 11.5. The van der Waals surface area contributed by atoms with E-state index in [1.54, 1.807) is 0 Å². The molecule has 8 rings (SSSR count). The van der Waals surface area contributed by atoms with Gasteiger partial charge in [-0.1, -0.05) is 0 Å². The number of aryl methyl sites for hydroxylation is 1. The summed E-state index contributed by atoms with van der Waals surface area (Å²) in [5, 5.41) is 0.669. The van der Waals surface area contributed by atoms with Crippen LogP contribution in [0.5, 0.6) is 11.5 Å². The molecule has 1 aromatic heterocycles. The fourth-order valence-electron chi connectivity index (χ4n) is 6.02. The van der Waals surface area contributed by atoms with Crippen LogP contribution in [0, 0.1) is 0 Å². The zero-order valence-electron chi connectivity index (χ0n) is 22.4. The van der Waals surface area contributed by atoms with Crippen molar-refractivity contribution in [3.05, 3.63) is 96.1 Å². The molecule has 0 saturated carbocycles. The number of nitrogens with zero attached hydrogens (tertiary/aromatic N) is 1. The summed E-state index contributed by atoms with van der Waals surface area (Å²) in [6, 6.07) is 21.2. The van der Waals surface area contributed by atoms with Crippen molar-refractivity contribution >= 4 is 57.9 Å². The number of para-hydroxylation sites is 1. The Morgan fingerprint density at radius 2 is 1.74 bits per heavy atom. The first kappa shape index (κ1) is 15.7. The summed E-state index contributed by atoms with van der Waals surface area (Å²) in [4.78, 5) is 0. The van der Waals surface area contributed by atoms with E-state index in [0.29, 0.717) is 10.9 Å². The number of rotatable bonds is 1. The Morgan fingerprint density at radius 1 is 0.853 bits per heavy atom. The van der Waals surface area contributed by atoms with Gasteiger partial charge in [0, 0.05) is 0 Å². The van der Waals surface area contributed by atoms with E-state index in [1.165, 1.54) is 19.8 Å². The van der Waals surface area contributed by atoms with Crippen molar-refractivity contribution in [2.75, 3.05) is 0 Å². The summed E-state index contributed by atoms with van der Waals surface area (Å²) in [7, 11) is 0. The first-order valence-electron chi connectivity index (χ1n) is 13.9. The van der Waals surface area contributed by atoms with E-state index < -0.39 is 0 Å². The van der Waals surface area contributed by atoms with Crippen LogP contribution >= 0.6 is 0 Å². The summed E-state index contributed by atoms with van der Waals surface area (Å²) in [5.74, 6) is 1.73. The third-order valence-electron chi connectivity index (χ3n) is 7.45. The summed E-state index contributed by atoms with van der Waals surface area (Å²) in [6.45, 7) is 0.124. The Bertz CT molecular complexity index is 1850. The number of hydrogen-bond donors (Lipinski definition) is 0. The van der Waals surface area contributed by atoms with Crippen LogP contribution < -0.4 is 30.0 Å². The van der Waals surface area contributed by atoms with E-state index in [0.717, 1.165) is 59.6 Å². The van der Waals surface area contributed by atoms with Crippen molar-refractivity contribution in [3.63, 3.8) is 0 Å². The van der Waals surface area contributed by atoms with Crippen LogP contribution in [0.2, 0.25) is 0 Å². The van der Waals surface area contributed by atoms with Gasteiger partial charge in [-0.2, -0.15) is 0 Å². The predicted octanol–water partition coefficient (Wildman–Crippen LogP) is 3.10. The summed E-state index contributed by atoms with van der Waals surface area (Å²) in [5.41, 5.74) is 7.40. The first-order chi connectivity index (χ1) is 18.5. The topological polar surface area (TPSA) is 14.2 Å². The third kappa shape index (κ3) is 2.59. The normalized spacial score (nSPS) is 16.9. The van der Waals surface area contributed by atoms with E-state index >= 15 is 0 Å². The standard InChI is InChI=1S/C30H22BNOSe/c1-4-11-24-20(8-1)21-9-2-5-12-25(21)32(24)19-16-17-22-27(18-19)33-26-13-7-15-29-30(26)31(22)23-10-3-6-14-28(23)34-29/h1,3-4,6-8,10-11,13-18H,2,5,9,12H2/i1D,4D,8D,11D. The molecule has 3 aliphatic rings. The zero-order valence-corrected chi connectivity index (χ0v) is 20.2. The summed E-state index contributed by atoms with van der Waals surface area (Å²) >= 11 is 0.242. The molecule has 0 spiro atoms. The SMILES string of the molecule is [2H]c1c([2H])c([2H])c2c(c1[2H])c1c(n2-c2ccc3c(c2)Oc2cccc4c2B3c2ccccc2[Se]4)CCCC1. The predicted molar refractivity (Wildman–Crippen MR) is 143 cm³/mol. The van der Waals surface area contributed by atoms with Crippen LogP contribution in [0.3, 0.4) is 0 Å². The van der Waals surface area contributed by atoms with Gasteiger partial charge < -0.3 is 0 Å². The van der Waals surface area contributed by atoms with Gasteiger partial charge in [0.05, 0.1) is 1.37 Å². The maximum atomic E-state index is 8.81. The van der Waals surface area contributed by atoms with E-state index in [9.17, 15) is 0 Å². The van der Waals surface area contributed by atoms with E-state index in [4.69, 9.17) is 10.2 Å². The van der Waals surface area contributed by atoms with E-state index in [-0.39, 0.29) is 45.8 Å². The summed E-state index contributed by atoms with van der Waals surface area (Å²) < 4.78 is 45.6. The molecule has 4 aromatic carbocycles. The second-order valence-electron chi connectivity index (χ2n) is 9.26. The molecule has 0 atom stereocenters. The fraction of sp³-hybridized carbons (Fsp3) is 0.133. The molecule has 0 fully saturated rings. The Hall–Kier alpha value is -3.20. The Labute approximate surface area is 211 Å². The van der Waals surface area contributed by atoms with Crippen molar-refractivity contribution in [2.45, 2.75) is 25.7 Å². The van der Waals surface area contributed by atoms with Gasteiger partial charge in [0.2, 0.25) is 0 Å². The maximum absolute atomic E-state index is 8.81. The van der Waals surface area contributed by atoms with Crippen LogP contribution in [-0.2, 0) is 12.8 Å². The van der Waals surface area contributed by atoms with Gasteiger partial charge in [-0.15, -0.1) is 0 Å². The average molecular weight is 506 g/mol. The molecule has 0 amide bonds. The van der Waals surface area contributed by atoms with Crippen molar-refractivity contribution in [2.24, 2.45) is 0 Å². The molecule has 0 bridgehead atoms. The van der Waals surface area contributed by atoms with Crippen LogP contribution in [-0.4, -0.2) is 26.2 Å². The molecule has 2 nitrogen and oxygen atoms in total. The molecule has 2 aliphatic heterocycles. The second kappa shape index (κ2) is 7.15. The van der Waals surface area contributed by atoms with Gasteiger partial charge in [0.25, 0.3) is 0 Å². The van der Waals surface area contributed by atoms with Gasteiger partial charge in [-0.05, 0) is 0 Å². The minimum absolute atomic E-state index is 0.0208. The van der Waals surface area contributed by atoms with Crippen molar-refractivity contribution in [1.82, 2.24) is 4.57 Å². The minimum atomic E-state index is -0.185. The first-order valence-corrected chi connectivity index (χ1v) is 13.6. The monoisotopic (exact) mass is 507 g/mol. The molecule has 5 aromatic rings. The average Bonchev–Trinajstić information content (AvgIpc) is 3.30. The molecule has 0 N–H and O–H groups in total. The van der Waals surface area contributed by atoms with Crippen LogP contribution in [0.25, 0.3) is 16.6 Å². The Balaban J connectivity index is 1.39. The number of aromatic nitrogens is 1. The van der Waals surface area contributed by atoms with Gasteiger partial charge in [-0.3, -0.25) is 0 Å². The van der Waals surface area contributed by atoms with Crippen LogP contribution in [0.4, 0.5) is 0 Å². The molecule has 3 heterocycles. The molecule has 162 valence electrons. The van der Waals surface area contributed by atoms with Gasteiger partial charge in [-0.25, -0.2) is 0 Å². The van der Waals surface area contributed by atoms with Crippen molar-refractivity contribution in [1.29, 1.82) is 0 Å². The number of ether oxygens (including phenoxy) is 1. The molecule has 0 unspecified atom stereocenters. The number of benzene rings is 4. The van der Waals surface area contributed by atoms with Crippen LogP contribution in [0.1, 0.15) is 29.6 Å². The molecule has 4 heteroatoms. The van der Waals surface area contributed by atoms with E-state index in [1.807, 2.05) is 0 Å². The Kier molecular flexibility index (Phi) is 3.29. The third-order valence-corrected chi connectivity index (χ3v) is 9.90. The number of fused-ring (bicyclic) bond motifs is 7. The van der Waals surface area contributed by atoms with Crippen molar-refractivity contribution < 1.29 is 10.2 Å².